The van der Waals surface area contributed by atoms with E-state index < -0.39 is 0 Å². The Morgan fingerprint density at radius 2 is 2.32 bits per heavy atom. The zero-order valence-electron chi connectivity index (χ0n) is 11.8. The van der Waals surface area contributed by atoms with E-state index in [1.807, 2.05) is 7.05 Å². The lowest BCUT2D eigenvalue weighted by molar-refractivity contribution is 0.0668. The summed E-state index contributed by atoms with van der Waals surface area (Å²) in [6, 6.07) is 6.64. The Morgan fingerprint density at radius 1 is 1.47 bits per heavy atom. The third-order valence-corrected chi connectivity index (χ3v) is 4.17. The van der Waals surface area contributed by atoms with Gasteiger partial charge in [0, 0.05) is 37.3 Å². The summed E-state index contributed by atoms with van der Waals surface area (Å²) in [5, 5.41) is 3.18. The van der Waals surface area contributed by atoms with Crippen LogP contribution in [0.15, 0.2) is 22.7 Å². The van der Waals surface area contributed by atoms with Crippen molar-refractivity contribution in [3.63, 3.8) is 0 Å². The molecule has 1 aliphatic rings. The second-order valence-electron chi connectivity index (χ2n) is 5.23. The average Bonchev–Trinajstić information content (AvgIpc) is 2.57. The molecule has 1 saturated heterocycles. The molecule has 0 saturated carbocycles. The number of rotatable bonds is 4. The van der Waals surface area contributed by atoms with Crippen molar-refractivity contribution in [2.45, 2.75) is 32.5 Å². The molecule has 106 valence electrons. The van der Waals surface area contributed by atoms with Crippen LogP contribution in [-0.2, 0) is 17.8 Å². The van der Waals surface area contributed by atoms with Gasteiger partial charge >= 0.3 is 0 Å². The van der Waals surface area contributed by atoms with Crippen LogP contribution in [0.2, 0.25) is 0 Å². The molecule has 1 unspecified atom stereocenters. The highest BCUT2D eigenvalue weighted by Crippen LogP contribution is 2.21. The quantitative estimate of drug-likeness (QED) is 0.920. The van der Waals surface area contributed by atoms with Crippen molar-refractivity contribution < 1.29 is 4.74 Å². The second-order valence-corrected chi connectivity index (χ2v) is 6.08. The van der Waals surface area contributed by atoms with Crippen LogP contribution in [-0.4, -0.2) is 37.7 Å². The maximum atomic E-state index is 5.69. The molecule has 19 heavy (non-hydrogen) atoms. The fourth-order valence-electron chi connectivity index (χ4n) is 2.50. The van der Waals surface area contributed by atoms with Crippen molar-refractivity contribution in [3.05, 3.63) is 33.8 Å². The molecule has 0 radical (unpaired) electrons. The number of nitrogens with zero attached hydrogens (tertiary/aromatic N) is 1. The van der Waals surface area contributed by atoms with E-state index in [0.29, 0.717) is 6.10 Å². The molecule has 0 spiro atoms. The second kappa shape index (κ2) is 7.39. The summed E-state index contributed by atoms with van der Waals surface area (Å²) < 4.78 is 6.90. The van der Waals surface area contributed by atoms with E-state index in [1.54, 1.807) is 0 Å². The lowest BCUT2D eigenvalue weighted by Crippen LogP contribution is -2.29. The summed E-state index contributed by atoms with van der Waals surface area (Å²) in [6.45, 7) is 7.09. The molecule has 1 heterocycles. The zero-order chi connectivity index (χ0) is 13.7. The smallest absolute Gasteiger partial charge is 0.0674 e. The molecule has 0 bridgehead atoms. The topological polar surface area (TPSA) is 24.5 Å². The number of benzene rings is 1. The van der Waals surface area contributed by atoms with Crippen molar-refractivity contribution in [1.82, 2.24) is 10.2 Å². The Balaban J connectivity index is 2.01. The molecule has 1 aliphatic heterocycles. The van der Waals surface area contributed by atoms with Crippen molar-refractivity contribution in [2.24, 2.45) is 0 Å². The van der Waals surface area contributed by atoms with Gasteiger partial charge in [0.25, 0.3) is 0 Å². The third-order valence-electron chi connectivity index (χ3n) is 3.43. The summed E-state index contributed by atoms with van der Waals surface area (Å²) in [6.07, 6.45) is 1.46. The van der Waals surface area contributed by atoms with Gasteiger partial charge < -0.3 is 10.1 Å². The van der Waals surface area contributed by atoms with Gasteiger partial charge in [-0.05, 0) is 37.6 Å². The lowest BCUT2D eigenvalue weighted by Gasteiger charge is -2.22. The van der Waals surface area contributed by atoms with Crippen molar-refractivity contribution >= 4 is 15.9 Å². The molecule has 2 rings (SSSR count). The van der Waals surface area contributed by atoms with Crippen LogP contribution in [0.5, 0.6) is 0 Å². The highest BCUT2D eigenvalue weighted by atomic mass is 79.9. The molecular weight excluding hydrogens is 304 g/mol. The molecule has 1 atom stereocenters. The maximum absolute atomic E-state index is 5.69. The Labute approximate surface area is 124 Å². The molecule has 0 aromatic heterocycles. The molecular formula is C15H23BrN2O. The summed E-state index contributed by atoms with van der Waals surface area (Å²) in [4.78, 5) is 2.48. The zero-order valence-corrected chi connectivity index (χ0v) is 13.4. The first-order valence-corrected chi connectivity index (χ1v) is 7.74. The number of halogens is 1. The predicted octanol–water partition coefficient (Wildman–Crippen LogP) is 2.78. The monoisotopic (exact) mass is 326 g/mol. The van der Waals surface area contributed by atoms with Gasteiger partial charge in [-0.25, -0.2) is 0 Å². The van der Waals surface area contributed by atoms with E-state index in [0.717, 1.165) is 39.2 Å². The van der Waals surface area contributed by atoms with Crippen molar-refractivity contribution in [1.29, 1.82) is 0 Å². The van der Waals surface area contributed by atoms with E-state index in [-0.39, 0.29) is 0 Å². The van der Waals surface area contributed by atoms with Crippen LogP contribution in [0.1, 0.15) is 24.5 Å². The Morgan fingerprint density at radius 3 is 3.05 bits per heavy atom. The number of hydrogen-bond donors (Lipinski definition) is 1. The predicted molar refractivity (Wildman–Crippen MR) is 82.2 cm³/mol. The van der Waals surface area contributed by atoms with Crippen LogP contribution in [0.4, 0.5) is 0 Å². The standard InChI is InChI=1S/C15H23BrN2O/c1-12-10-18(6-3-7-19-12)11-14-5-4-13(9-17-2)8-15(14)16/h4-5,8,12,17H,3,6-7,9-11H2,1-2H3. The van der Waals surface area contributed by atoms with Gasteiger partial charge in [0.1, 0.15) is 0 Å². The molecule has 1 fully saturated rings. The SMILES string of the molecule is CNCc1ccc(CN2CCCOC(C)C2)c(Br)c1. The van der Waals surface area contributed by atoms with Crippen molar-refractivity contribution in [3.8, 4) is 0 Å². The largest absolute Gasteiger partial charge is 0.377 e. The Kier molecular flexibility index (Phi) is 5.82. The van der Waals surface area contributed by atoms with Crippen LogP contribution >= 0.6 is 15.9 Å². The average molecular weight is 327 g/mol. The summed E-state index contributed by atoms with van der Waals surface area (Å²) in [5.74, 6) is 0. The fraction of sp³-hybridized carbons (Fsp3) is 0.600. The van der Waals surface area contributed by atoms with E-state index in [1.165, 1.54) is 15.6 Å². The van der Waals surface area contributed by atoms with Gasteiger partial charge in [-0.1, -0.05) is 28.1 Å². The number of nitrogens with one attached hydrogen (secondary N) is 1. The Bertz CT molecular complexity index is 411. The van der Waals surface area contributed by atoms with Crippen LogP contribution in [0, 0.1) is 0 Å². The molecule has 4 heteroatoms. The first kappa shape index (κ1) is 15.0. The first-order valence-electron chi connectivity index (χ1n) is 6.95. The summed E-state index contributed by atoms with van der Waals surface area (Å²) in [7, 11) is 1.97. The van der Waals surface area contributed by atoms with Gasteiger partial charge in [0.2, 0.25) is 0 Å². The van der Waals surface area contributed by atoms with Gasteiger partial charge in [-0.2, -0.15) is 0 Å². The van der Waals surface area contributed by atoms with Gasteiger partial charge in [-0.3, -0.25) is 4.90 Å². The molecule has 3 nitrogen and oxygen atoms in total. The fourth-order valence-corrected chi connectivity index (χ4v) is 3.05. The minimum atomic E-state index is 0.338. The molecule has 1 aromatic rings. The van der Waals surface area contributed by atoms with Crippen LogP contribution < -0.4 is 5.32 Å². The molecule has 1 aromatic carbocycles. The van der Waals surface area contributed by atoms with Crippen LogP contribution in [0.25, 0.3) is 0 Å². The first-order chi connectivity index (χ1) is 9.19. The highest BCUT2D eigenvalue weighted by molar-refractivity contribution is 9.10. The minimum absolute atomic E-state index is 0.338. The van der Waals surface area contributed by atoms with Crippen LogP contribution in [0.3, 0.4) is 0 Å². The van der Waals surface area contributed by atoms with E-state index in [9.17, 15) is 0 Å². The third kappa shape index (κ3) is 4.56. The van der Waals surface area contributed by atoms with Gasteiger partial charge in [-0.15, -0.1) is 0 Å². The Hall–Kier alpha value is -0.420. The van der Waals surface area contributed by atoms with E-state index >= 15 is 0 Å². The van der Waals surface area contributed by atoms with E-state index in [4.69, 9.17) is 4.74 Å². The van der Waals surface area contributed by atoms with E-state index in [2.05, 4.69) is 51.3 Å². The summed E-state index contributed by atoms with van der Waals surface area (Å²) >= 11 is 3.69. The highest BCUT2D eigenvalue weighted by Gasteiger charge is 2.16. The molecule has 1 N–H and O–H groups in total. The molecule has 0 amide bonds. The van der Waals surface area contributed by atoms with Gasteiger partial charge in [0.15, 0.2) is 0 Å². The number of hydrogen-bond acceptors (Lipinski definition) is 3. The minimum Gasteiger partial charge on any atom is -0.377 e. The maximum Gasteiger partial charge on any atom is 0.0674 e. The normalized spacial score (nSPS) is 21.3. The lowest BCUT2D eigenvalue weighted by atomic mass is 10.1. The molecule has 0 aliphatic carbocycles. The van der Waals surface area contributed by atoms with Gasteiger partial charge in [0.05, 0.1) is 6.10 Å². The summed E-state index contributed by atoms with van der Waals surface area (Å²) in [5.41, 5.74) is 2.67. The number of ether oxygens (including phenoxy) is 1. The van der Waals surface area contributed by atoms with Crippen molar-refractivity contribution in [2.75, 3.05) is 26.7 Å².